The largest absolute Gasteiger partial charge is 0.300 e. The number of nitrogens with zero attached hydrogens (tertiary/aromatic N) is 2. The molecule has 0 unspecified atom stereocenters. The SMILES string of the molecule is CCC=NCCN(C)Cc1ccccc1. The van der Waals surface area contributed by atoms with Gasteiger partial charge in [0.2, 0.25) is 0 Å². The van der Waals surface area contributed by atoms with Crippen LogP contribution in [0.4, 0.5) is 0 Å². The third-order valence-corrected chi connectivity index (χ3v) is 2.22. The van der Waals surface area contributed by atoms with E-state index in [1.54, 1.807) is 0 Å². The maximum absolute atomic E-state index is 4.30. The van der Waals surface area contributed by atoms with E-state index in [1.807, 2.05) is 6.21 Å². The summed E-state index contributed by atoms with van der Waals surface area (Å²) in [6.07, 6.45) is 3.01. The first-order valence-corrected chi connectivity index (χ1v) is 5.53. The lowest BCUT2D eigenvalue weighted by Gasteiger charge is -2.14. The third-order valence-electron chi connectivity index (χ3n) is 2.22. The van der Waals surface area contributed by atoms with E-state index in [-0.39, 0.29) is 0 Å². The minimum Gasteiger partial charge on any atom is -0.300 e. The van der Waals surface area contributed by atoms with Crippen LogP contribution in [0.25, 0.3) is 0 Å². The van der Waals surface area contributed by atoms with Crippen molar-refractivity contribution in [3.8, 4) is 0 Å². The van der Waals surface area contributed by atoms with Crippen LogP contribution in [-0.4, -0.2) is 31.3 Å². The molecule has 0 radical (unpaired) electrons. The summed E-state index contributed by atoms with van der Waals surface area (Å²) < 4.78 is 0. The Morgan fingerprint density at radius 3 is 2.67 bits per heavy atom. The molecule has 0 saturated carbocycles. The second kappa shape index (κ2) is 7.18. The number of hydrogen-bond acceptors (Lipinski definition) is 2. The first-order chi connectivity index (χ1) is 7.33. The van der Waals surface area contributed by atoms with E-state index in [1.165, 1.54) is 5.56 Å². The van der Waals surface area contributed by atoms with Crippen molar-refractivity contribution in [1.82, 2.24) is 4.90 Å². The summed E-state index contributed by atoms with van der Waals surface area (Å²) in [4.78, 5) is 6.60. The Balaban J connectivity index is 2.24. The summed E-state index contributed by atoms with van der Waals surface area (Å²) in [7, 11) is 2.13. The van der Waals surface area contributed by atoms with E-state index in [2.05, 4.69) is 54.2 Å². The van der Waals surface area contributed by atoms with Gasteiger partial charge in [-0.05, 0) is 25.2 Å². The van der Waals surface area contributed by atoms with Crippen LogP contribution in [0, 0.1) is 0 Å². The summed E-state index contributed by atoms with van der Waals surface area (Å²) >= 11 is 0. The first kappa shape index (κ1) is 11.9. The molecule has 0 amide bonds. The van der Waals surface area contributed by atoms with Crippen LogP contribution < -0.4 is 0 Å². The number of rotatable bonds is 6. The normalized spacial score (nSPS) is 11.4. The highest BCUT2D eigenvalue weighted by Gasteiger charge is 1.97. The van der Waals surface area contributed by atoms with Gasteiger partial charge in [-0.1, -0.05) is 37.3 Å². The van der Waals surface area contributed by atoms with Crippen molar-refractivity contribution in [1.29, 1.82) is 0 Å². The number of likely N-dealkylation sites (N-methyl/N-ethyl adjacent to an activating group) is 1. The average Bonchev–Trinajstić information content (AvgIpc) is 2.26. The molecule has 0 aromatic heterocycles. The molecule has 2 nitrogen and oxygen atoms in total. The van der Waals surface area contributed by atoms with Crippen LogP contribution in [-0.2, 0) is 6.54 Å². The molecule has 0 fully saturated rings. The van der Waals surface area contributed by atoms with Gasteiger partial charge in [0, 0.05) is 13.1 Å². The van der Waals surface area contributed by atoms with Crippen LogP contribution in [0.1, 0.15) is 18.9 Å². The fourth-order valence-electron chi connectivity index (χ4n) is 1.42. The van der Waals surface area contributed by atoms with Crippen molar-refractivity contribution < 1.29 is 0 Å². The average molecular weight is 204 g/mol. The van der Waals surface area contributed by atoms with Crippen molar-refractivity contribution in [2.24, 2.45) is 4.99 Å². The maximum atomic E-state index is 4.30. The van der Waals surface area contributed by atoms with Crippen molar-refractivity contribution in [2.75, 3.05) is 20.1 Å². The molecule has 0 N–H and O–H groups in total. The highest BCUT2D eigenvalue weighted by atomic mass is 15.1. The van der Waals surface area contributed by atoms with Gasteiger partial charge in [0.25, 0.3) is 0 Å². The van der Waals surface area contributed by atoms with Gasteiger partial charge in [-0.3, -0.25) is 4.99 Å². The topological polar surface area (TPSA) is 15.6 Å². The van der Waals surface area contributed by atoms with Gasteiger partial charge in [0.1, 0.15) is 0 Å². The summed E-state index contributed by atoms with van der Waals surface area (Å²) in [5, 5.41) is 0. The maximum Gasteiger partial charge on any atom is 0.0512 e. The van der Waals surface area contributed by atoms with Crippen LogP contribution in [0.2, 0.25) is 0 Å². The number of aliphatic imine (C=N–C) groups is 1. The Bertz CT molecular complexity index is 280. The second-order valence-corrected chi connectivity index (χ2v) is 3.72. The van der Waals surface area contributed by atoms with E-state index in [4.69, 9.17) is 0 Å². The van der Waals surface area contributed by atoms with Gasteiger partial charge in [-0.15, -0.1) is 0 Å². The Morgan fingerprint density at radius 2 is 2.00 bits per heavy atom. The highest BCUT2D eigenvalue weighted by molar-refractivity contribution is 5.56. The molecule has 0 bridgehead atoms. The summed E-state index contributed by atoms with van der Waals surface area (Å²) in [5.41, 5.74) is 1.36. The van der Waals surface area contributed by atoms with E-state index < -0.39 is 0 Å². The summed E-state index contributed by atoms with van der Waals surface area (Å²) in [5.74, 6) is 0. The van der Waals surface area contributed by atoms with Crippen LogP contribution in [0.15, 0.2) is 35.3 Å². The van der Waals surface area contributed by atoms with Crippen molar-refractivity contribution in [3.05, 3.63) is 35.9 Å². The molecule has 2 heteroatoms. The first-order valence-electron chi connectivity index (χ1n) is 5.53. The molecule has 0 saturated heterocycles. The van der Waals surface area contributed by atoms with Gasteiger partial charge in [-0.2, -0.15) is 0 Å². The minimum atomic E-state index is 0.900. The van der Waals surface area contributed by atoms with Crippen molar-refractivity contribution in [3.63, 3.8) is 0 Å². The monoisotopic (exact) mass is 204 g/mol. The molecule has 0 heterocycles. The number of benzene rings is 1. The minimum absolute atomic E-state index is 0.900. The Hall–Kier alpha value is -1.15. The van der Waals surface area contributed by atoms with Gasteiger partial charge in [0.05, 0.1) is 6.54 Å². The Labute approximate surface area is 92.6 Å². The quantitative estimate of drug-likeness (QED) is 0.650. The zero-order valence-corrected chi connectivity index (χ0v) is 9.69. The van der Waals surface area contributed by atoms with Gasteiger partial charge in [0.15, 0.2) is 0 Å². The smallest absolute Gasteiger partial charge is 0.0512 e. The molecule has 0 aliphatic rings. The molecule has 0 aliphatic carbocycles. The fourth-order valence-corrected chi connectivity index (χ4v) is 1.42. The van der Waals surface area contributed by atoms with Gasteiger partial charge in [-0.25, -0.2) is 0 Å². The third kappa shape index (κ3) is 5.33. The molecule has 15 heavy (non-hydrogen) atoms. The predicted octanol–water partition coefficient (Wildman–Crippen LogP) is 2.60. The molecular formula is C13H20N2. The summed E-state index contributed by atoms with van der Waals surface area (Å²) in [6.45, 7) is 5.03. The van der Waals surface area contributed by atoms with E-state index in [9.17, 15) is 0 Å². The lowest BCUT2D eigenvalue weighted by molar-refractivity contribution is 0.337. The van der Waals surface area contributed by atoms with Crippen molar-refractivity contribution >= 4 is 6.21 Å². The Morgan fingerprint density at radius 1 is 1.27 bits per heavy atom. The van der Waals surface area contributed by atoms with Gasteiger partial charge >= 0.3 is 0 Å². The predicted molar refractivity (Wildman–Crippen MR) is 66.4 cm³/mol. The zero-order valence-electron chi connectivity index (χ0n) is 9.69. The molecule has 1 aromatic rings. The molecular weight excluding hydrogens is 184 g/mol. The van der Waals surface area contributed by atoms with Crippen LogP contribution in [0.3, 0.4) is 0 Å². The Kier molecular flexibility index (Phi) is 5.71. The number of hydrogen-bond donors (Lipinski definition) is 0. The van der Waals surface area contributed by atoms with Crippen molar-refractivity contribution in [2.45, 2.75) is 19.9 Å². The fraction of sp³-hybridized carbons (Fsp3) is 0.462. The zero-order chi connectivity index (χ0) is 10.9. The van der Waals surface area contributed by atoms with Crippen LogP contribution >= 0.6 is 0 Å². The molecule has 1 rings (SSSR count). The lowest BCUT2D eigenvalue weighted by atomic mass is 10.2. The molecule has 82 valence electrons. The van der Waals surface area contributed by atoms with E-state index in [0.29, 0.717) is 0 Å². The van der Waals surface area contributed by atoms with Crippen LogP contribution in [0.5, 0.6) is 0 Å². The molecule has 1 aromatic carbocycles. The molecule has 0 aliphatic heterocycles. The lowest BCUT2D eigenvalue weighted by Crippen LogP contribution is -2.21. The summed E-state index contributed by atoms with van der Waals surface area (Å²) in [6, 6.07) is 10.5. The molecule has 0 atom stereocenters. The standard InChI is InChI=1S/C13H20N2/c1-3-9-14-10-11-15(2)12-13-7-5-4-6-8-13/h4-9H,3,10-12H2,1-2H3. The van der Waals surface area contributed by atoms with E-state index >= 15 is 0 Å². The van der Waals surface area contributed by atoms with Gasteiger partial charge < -0.3 is 4.90 Å². The van der Waals surface area contributed by atoms with E-state index in [0.717, 1.165) is 26.1 Å². The molecule has 0 spiro atoms. The highest BCUT2D eigenvalue weighted by Crippen LogP contribution is 2.01. The second-order valence-electron chi connectivity index (χ2n) is 3.72.